The van der Waals surface area contributed by atoms with E-state index in [1.807, 2.05) is 4.68 Å². The van der Waals surface area contributed by atoms with Crippen molar-refractivity contribution >= 4 is 28.5 Å². The van der Waals surface area contributed by atoms with Crippen LogP contribution in [0.15, 0.2) is 6.20 Å². The third-order valence-electron chi connectivity index (χ3n) is 3.56. The molecule has 1 aliphatic heterocycles. The van der Waals surface area contributed by atoms with Crippen molar-refractivity contribution in [2.75, 3.05) is 18.5 Å². The number of halogens is 1. The molecule has 6 nitrogen and oxygen atoms in total. The molecule has 0 amide bonds. The molecule has 0 aliphatic carbocycles. The normalized spacial score (nSPS) is 19.3. The highest BCUT2D eigenvalue weighted by Crippen LogP contribution is 2.26. The molecule has 0 saturated carbocycles. The highest BCUT2D eigenvalue weighted by molar-refractivity contribution is 6.28. The van der Waals surface area contributed by atoms with Gasteiger partial charge in [-0.1, -0.05) is 0 Å². The molecule has 21 heavy (non-hydrogen) atoms. The summed E-state index contributed by atoms with van der Waals surface area (Å²) in [5, 5.41) is 8.86. The number of hydrogen-bond donors (Lipinski definition) is 1. The van der Waals surface area contributed by atoms with Crippen molar-refractivity contribution in [2.24, 2.45) is 0 Å². The lowest BCUT2D eigenvalue weighted by molar-refractivity contribution is 0.120. The molecule has 0 aromatic carbocycles. The molecule has 0 radical (unpaired) electrons. The third kappa shape index (κ3) is 2.96. The Hall–Kier alpha value is -1.40. The van der Waals surface area contributed by atoms with Crippen molar-refractivity contribution in [2.45, 2.75) is 45.3 Å². The molecule has 2 aromatic rings. The first kappa shape index (κ1) is 14.5. The zero-order valence-electron chi connectivity index (χ0n) is 12.6. The van der Waals surface area contributed by atoms with Gasteiger partial charge in [-0.05, 0) is 45.2 Å². The van der Waals surface area contributed by atoms with Gasteiger partial charge in [0, 0.05) is 13.2 Å². The third-order valence-corrected chi connectivity index (χ3v) is 3.73. The van der Waals surface area contributed by atoms with Gasteiger partial charge in [0.05, 0.1) is 23.2 Å². The molecule has 1 fully saturated rings. The second-order valence-electron chi connectivity index (χ2n) is 6.32. The lowest BCUT2D eigenvalue weighted by Crippen LogP contribution is -2.23. The maximum absolute atomic E-state index is 6.06. The van der Waals surface area contributed by atoms with Crippen LogP contribution < -0.4 is 5.32 Å². The SMILES string of the molecule is CC(C)(C)n1ncc2c(NCC3CCCO3)nc(Cl)nc21. The number of hydrogen-bond acceptors (Lipinski definition) is 5. The minimum Gasteiger partial charge on any atom is -0.376 e. The van der Waals surface area contributed by atoms with Crippen LogP contribution in [0.5, 0.6) is 0 Å². The Labute approximate surface area is 128 Å². The van der Waals surface area contributed by atoms with Crippen LogP contribution >= 0.6 is 11.6 Å². The number of rotatable bonds is 3. The van der Waals surface area contributed by atoms with E-state index in [0.717, 1.165) is 42.8 Å². The van der Waals surface area contributed by atoms with Crippen LogP contribution in [0.1, 0.15) is 33.6 Å². The van der Waals surface area contributed by atoms with E-state index >= 15 is 0 Å². The first-order valence-corrected chi connectivity index (χ1v) is 7.60. The average Bonchev–Trinajstić information content (AvgIpc) is 3.03. The van der Waals surface area contributed by atoms with Gasteiger partial charge >= 0.3 is 0 Å². The maximum atomic E-state index is 6.06. The van der Waals surface area contributed by atoms with Crippen molar-refractivity contribution < 1.29 is 4.74 Å². The van der Waals surface area contributed by atoms with Crippen LogP contribution in [-0.4, -0.2) is 39.0 Å². The maximum Gasteiger partial charge on any atom is 0.226 e. The molecule has 1 unspecified atom stereocenters. The van der Waals surface area contributed by atoms with Crippen LogP contribution in [0.4, 0.5) is 5.82 Å². The number of anilines is 1. The van der Waals surface area contributed by atoms with Crippen LogP contribution in [0.3, 0.4) is 0 Å². The molecule has 3 rings (SSSR count). The van der Waals surface area contributed by atoms with E-state index in [0.29, 0.717) is 0 Å². The van der Waals surface area contributed by atoms with E-state index in [1.165, 1.54) is 0 Å². The second kappa shape index (κ2) is 5.42. The molecule has 3 heterocycles. The smallest absolute Gasteiger partial charge is 0.226 e. The molecular formula is C14H20ClN5O. The summed E-state index contributed by atoms with van der Waals surface area (Å²) < 4.78 is 7.48. The predicted octanol–water partition coefficient (Wildman–Crippen LogP) is 2.83. The Morgan fingerprint density at radius 3 is 2.90 bits per heavy atom. The summed E-state index contributed by atoms with van der Waals surface area (Å²) in [6.07, 6.45) is 4.23. The van der Waals surface area contributed by atoms with Crippen molar-refractivity contribution in [1.29, 1.82) is 0 Å². The minimum absolute atomic E-state index is 0.161. The fourth-order valence-electron chi connectivity index (χ4n) is 2.52. The lowest BCUT2D eigenvalue weighted by atomic mass is 10.1. The Morgan fingerprint density at radius 1 is 1.43 bits per heavy atom. The summed E-state index contributed by atoms with van der Waals surface area (Å²) in [5.41, 5.74) is 0.586. The van der Waals surface area contributed by atoms with Crippen molar-refractivity contribution in [3.8, 4) is 0 Å². The number of aromatic nitrogens is 4. The van der Waals surface area contributed by atoms with Crippen LogP contribution in [0.25, 0.3) is 11.0 Å². The van der Waals surface area contributed by atoms with Gasteiger partial charge in [0.15, 0.2) is 5.65 Å². The van der Waals surface area contributed by atoms with Gasteiger partial charge in [0.1, 0.15) is 5.82 Å². The summed E-state index contributed by atoms with van der Waals surface area (Å²) in [4.78, 5) is 8.62. The summed E-state index contributed by atoms with van der Waals surface area (Å²) in [5.74, 6) is 0.719. The Kier molecular flexibility index (Phi) is 3.75. The Bertz CT molecular complexity index is 643. The molecule has 1 atom stereocenters. The van der Waals surface area contributed by atoms with E-state index in [2.05, 4.69) is 41.2 Å². The fraction of sp³-hybridized carbons (Fsp3) is 0.643. The van der Waals surface area contributed by atoms with Gasteiger partial charge < -0.3 is 10.1 Å². The molecule has 1 N–H and O–H groups in total. The van der Waals surface area contributed by atoms with Crippen molar-refractivity contribution in [3.05, 3.63) is 11.5 Å². The number of nitrogens with zero attached hydrogens (tertiary/aromatic N) is 4. The van der Waals surface area contributed by atoms with E-state index in [4.69, 9.17) is 16.3 Å². The zero-order valence-corrected chi connectivity index (χ0v) is 13.3. The molecular weight excluding hydrogens is 290 g/mol. The Morgan fingerprint density at radius 2 is 2.24 bits per heavy atom. The lowest BCUT2D eigenvalue weighted by Gasteiger charge is -2.20. The summed E-state index contributed by atoms with van der Waals surface area (Å²) in [6.45, 7) is 7.80. The van der Waals surface area contributed by atoms with Gasteiger partial charge in [-0.15, -0.1) is 0 Å². The highest BCUT2D eigenvalue weighted by atomic mass is 35.5. The quantitative estimate of drug-likeness (QED) is 0.883. The van der Waals surface area contributed by atoms with Gasteiger partial charge in [-0.2, -0.15) is 15.1 Å². The molecule has 114 valence electrons. The minimum atomic E-state index is -0.161. The molecule has 0 spiro atoms. The van der Waals surface area contributed by atoms with Crippen LogP contribution in [0, 0.1) is 0 Å². The summed E-state index contributed by atoms with van der Waals surface area (Å²) in [7, 11) is 0. The van der Waals surface area contributed by atoms with Gasteiger partial charge in [0.2, 0.25) is 5.28 Å². The van der Waals surface area contributed by atoms with Crippen molar-refractivity contribution in [1.82, 2.24) is 19.7 Å². The average molecular weight is 310 g/mol. The second-order valence-corrected chi connectivity index (χ2v) is 6.66. The molecule has 1 aliphatic rings. The molecule has 7 heteroatoms. The van der Waals surface area contributed by atoms with E-state index < -0.39 is 0 Å². The van der Waals surface area contributed by atoms with Crippen LogP contribution in [0.2, 0.25) is 5.28 Å². The monoisotopic (exact) mass is 309 g/mol. The first-order chi connectivity index (χ1) is 9.95. The van der Waals surface area contributed by atoms with Gasteiger partial charge in [-0.3, -0.25) is 0 Å². The molecule has 0 bridgehead atoms. The van der Waals surface area contributed by atoms with E-state index in [9.17, 15) is 0 Å². The standard InChI is InChI=1S/C14H20ClN5O/c1-14(2,3)20-12-10(8-17-20)11(18-13(15)19-12)16-7-9-5-4-6-21-9/h8-9H,4-7H2,1-3H3,(H,16,18,19). The fourth-order valence-corrected chi connectivity index (χ4v) is 2.69. The Balaban J connectivity index is 1.92. The summed E-state index contributed by atoms with van der Waals surface area (Å²) >= 11 is 6.06. The highest BCUT2D eigenvalue weighted by Gasteiger charge is 2.21. The topological polar surface area (TPSA) is 64.9 Å². The van der Waals surface area contributed by atoms with E-state index in [1.54, 1.807) is 6.20 Å². The molecule has 2 aromatic heterocycles. The largest absolute Gasteiger partial charge is 0.376 e. The predicted molar refractivity (Wildman–Crippen MR) is 82.8 cm³/mol. The number of nitrogens with one attached hydrogen (secondary N) is 1. The zero-order chi connectivity index (χ0) is 15.0. The first-order valence-electron chi connectivity index (χ1n) is 7.22. The summed E-state index contributed by atoms with van der Waals surface area (Å²) in [6, 6.07) is 0. The van der Waals surface area contributed by atoms with Crippen molar-refractivity contribution in [3.63, 3.8) is 0 Å². The number of fused-ring (bicyclic) bond motifs is 1. The number of ether oxygens (including phenoxy) is 1. The van der Waals surface area contributed by atoms with Gasteiger partial charge in [0.25, 0.3) is 0 Å². The van der Waals surface area contributed by atoms with E-state index in [-0.39, 0.29) is 16.9 Å². The van der Waals surface area contributed by atoms with Gasteiger partial charge in [-0.25, -0.2) is 4.68 Å². The van der Waals surface area contributed by atoms with Crippen LogP contribution in [-0.2, 0) is 10.3 Å². The molecule has 1 saturated heterocycles.